The third kappa shape index (κ3) is 3.84. The van der Waals surface area contributed by atoms with Crippen LogP contribution in [0.3, 0.4) is 0 Å². The highest BCUT2D eigenvalue weighted by Gasteiger charge is 2.15. The van der Waals surface area contributed by atoms with Gasteiger partial charge in [0.15, 0.2) is 17.5 Å². The van der Waals surface area contributed by atoms with Gasteiger partial charge >= 0.3 is 0 Å². The Hall–Kier alpha value is -1.92. The molecule has 0 aliphatic carbocycles. The first kappa shape index (κ1) is 16.5. The van der Waals surface area contributed by atoms with E-state index in [1.165, 1.54) is 6.07 Å². The molecule has 2 aromatic rings. The number of carbonyl (C=O) groups excluding carboxylic acids is 1. The molecule has 2 rings (SSSR count). The fraction of sp³-hybridized carbons (Fsp3) is 0.0714. The zero-order valence-electron chi connectivity index (χ0n) is 10.9. The second-order valence-corrected chi connectivity index (χ2v) is 5.09. The summed E-state index contributed by atoms with van der Waals surface area (Å²) in [6, 6.07) is 6.27. The molecular weight excluding hydrogens is 340 g/mol. The third-order valence-corrected chi connectivity index (χ3v) is 3.24. The topological polar surface area (TPSA) is 41.1 Å². The highest BCUT2D eigenvalue weighted by atomic mass is 35.5. The van der Waals surface area contributed by atoms with Crippen molar-refractivity contribution in [1.82, 2.24) is 0 Å². The van der Waals surface area contributed by atoms with Crippen molar-refractivity contribution in [2.45, 2.75) is 0 Å². The van der Waals surface area contributed by atoms with Gasteiger partial charge in [0.25, 0.3) is 0 Å². The van der Waals surface area contributed by atoms with Gasteiger partial charge in [-0.15, -0.1) is 0 Å². The SMILES string of the molecule is O=C(CNc1cc(Cl)ccc1Cl)Nc1ccc(F)c(F)c1F. The van der Waals surface area contributed by atoms with Gasteiger partial charge in [0, 0.05) is 5.02 Å². The van der Waals surface area contributed by atoms with Crippen molar-refractivity contribution in [3.63, 3.8) is 0 Å². The van der Waals surface area contributed by atoms with Crippen LogP contribution in [0.1, 0.15) is 0 Å². The van der Waals surface area contributed by atoms with Crippen LogP contribution >= 0.6 is 23.2 Å². The Balaban J connectivity index is 2.02. The number of anilines is 2. The van der Waals surface area contributed by atoms with Crippen LogP contribution in [0.15, 0.2) is 30.3 Å². The summed E-state index contributed by atoms with van der Waals surface area (Å²) in [6.07, 6.45) is 0. The minimum Gasteiger partial charge on any atom is -0.375 e. The summed E-state index contributed by atoms with van der Waals surface area (Å²) >= 11 is 11.7. The lowest BCUT2D eigenvalue weighted by atomic mass is 10.2. The van der Waals surface area contributed by atoms with E-state index in [1.54, 1.807) is 12.1 Å². The van der Waals surface area contributed by atoms with Crippen molar-refractivity contribution in [3.8, 4) is 0 Å². The number of carbonyl (C=O) groups is 1. The predicted molar refractivity (Wildman–Crippen MR) is 79.9 cm³/mol. The first-order chi connectivity index (χ1) is 10.4. The van der Waals surface area contributed by atoms with Crippen LogP contribution in [0.4, 0.5) is 24.5 Å². The first-order valence-corrected chi connectivity index (χ1v) is 6.76. The lowest BCUT2D eigenvalue weighted by Gasteiger charge is -2.10. The van der Waals surface area contributed by atoms with E-state index in [-0.39, 0.29) is 6.54 Å². The van der Waals surface area contributed by atoms with Crippen molar-refractivity contribution in [3.05, 3.63) is 57.8 Å². The Kier molecular flexibility index (Phi) is 5.15. The summed E-state index contributed by atoms with van der Waals surface area (Å²) in [5, 5.41) is 5.58. The van der Waals surface area contributed by atoms with Crippen molar-refractivity contribution in [2.24, 2.45) is 0 Å². The van der Waals surface area contributed by atoms with Crippen LogP contribution in [0.5, 0.6) is 0 Å². The monoisotopic (exact) mass is 348 g/mol. The quantitative estimate of drug-likeness (QED) is 0.801. The molecule has 0 atom stereocenters. The van der Waals surface area contributed by atoms with Gasteiger partial charge < -0.3 is 10.6 Å². The van der Waals surface area contributed by atoms with E-state index in [4.69, 9.17) is 23.2 Å². The maximum Gasteiger partial charge on any atom is 0.243 e. The maximum absolute atomic E-state index is 13.4. The fourth-order valence-corrected chi connectivity index (χ4v) is 1.98. The molecule has 22 heavy (non-hydrogen) atoms. The maximum atomic E-state index is 13.4. The Morgan fingerprint density at radius 1 is 1.00 bits per heavy atom. The second-order valence-electron chi connectivity index (χ2n) is 4.25. The fourth-order valence-electron chi connectivity index (χ4n) is 1.63. The average molecular weight is 349 g/mol. The highest BCUT2D eigenvalue weighted by molar-refractivity contribution is 6.35. The van der Waals surface area contributed by atoms with E-state index in [2.05, 4.69) is 10.6 Å². The number of hydrogen-bond acceptors (Lipinski definition) is 2. The summed E-state index contributed by atoms with van der Waals surface area (Å²) < 4.78 is 39.2. The van der Waals surface area contributed by atoms with Crippen molar-refractivity contribution >= 4 is 40.5 Å². The van der Waals surface area contributed by atoms with Crippen LogP contribution in [0.25, 0.3) is 0 Å². The second kappa shape index (κ2) is 6.89. The molecule has 0 spiro atoms. The lowest BCUT2D eigenvalue weighted by Crippen LogP contribution is -2.22. The number of rotatable bonds is 4. The normalized spacial score (nSPS) is 10.4. The molecule has 0 saturated carbocycles. The minimum atomic E-state index is -1.65. The van der Waals surface area contributed by atoms with Crippen molar-refractivity contribution < 1.29 is 18.0 Å². The molecule has 1 amide bonds. The van der Waals surface area contributed by atoms with E-state index in [1.807, 2.05) is 0 Å². The number of halogens is 5. The summed E-state index contributed by atoms with van der Waals surface area (Å²) in [6.45, 7) is -0.265. The Morgan fingerprint density at radius 2 is 1.73 bits per heavy atom. The summed E-state index contributed by atoms with van der Waals surface area (Å²) in [7, 11) is 0. The van der Waals surface area contributed by atoms with Gasteiger partial charge in [-0.05, 0) is 30.3 Å². The van der Waals surface area contributed by atoms with E-state index >= 15 is 0 Å². The number of hydrogen-bond donors (Lipinski definition) is 2. The lowest BCUT2D eigenvalue weighted by molar-refractivity contribution is -0.114. The standard InChI is InChI=1S/C14H9Cl2F3N2O/c15-7-1-2-8(16)11(5-7)20-6-12(22)21-10-4-3-9(17)13(18)14(10)19/h1-5,20H,6H2,(H,21,22). The number of nitrogens with one attached hydrogen (secondary N) is 2. The highest BCUT2D eigenvalue weighted by Crippen LogP contribution is 2.25. The summed E-state index contributed by atoms with van der Waals surface area (Å²) in [4.78, 5) is 11.7. The van der Waals surface area contributed by atoms with Crippen LogP contribution < -0.4 is 10.6 Å². The van der Waals surface area contributed by atoms with Gasteiger partial charge in [-0.3, -0.25) is 4.79 Å². The van der Waals surface area contributed by atoms with Gasteiger partial charge in [0.05, 0.1) is 22.9 Å². The molecule has 0 aliphatic heterocycles. The smallest absolute Gasteiger partial charge is 0.243 e. The Morgan fingerprint density at radius 3 is 2.45 bits per heavy atom. The molecule has 2 aromatic carbocycles. The number of benzene rings is 2. The van der Waals surface area contributed by atoms with E-state index in [0.717, 1.165) is 12.1 Å². The molecule has 0 heterocycles. The predicted octanol–water partition coefficient (Wildman–Crippen LogP) is 4.46. The average Bonchev–Trinajstić information content (AvgIpc) is 2.49. The molecule has 0 bridgehead atoms. The van der Waals surface area contributed by atoms with Crippen LogP contribution in [-0.4, -0.2) is 12.5 Å². The summed E-state index contributed by atoms with van der Waals surface area (Å²) in [5.41, 5.74) is -0.0435. The first-order valence-electron chi connectivity index (χ1n) is 6.00. The van der Waals surface area contributed by atoms with Crippen LogP contribution in [-0.2, 0) is 4.79 Å². The van der Waals surface area contributed by atoms with Crippen molar-refractivity contribution in [2.75, 3.05) is 17.2 Å². The molecular formula is C14H9Cl2F3N2O. The van der Waals surface area contributed by atoms with Crippen molar-refractivity contribution in [1.29, 1.82) is 0 Å². The van der Waals surface area contributed by atoms with E-state index in [0.29, 0.717) is 15.7 Å². The van der Waals surface area contributed by atoms with Gasteiger partial charge in [-0.1, -0.05) is 23.2 Å². The molecule has 2 N–H and O–H groups in total. The van der Waals surface area contributed by atoms with Gasteiger partial charge in [-0.2, -0.15) is 0 Å². The zero-order chi connectivity index (χ0) is 16.3. The van der Waals surface area contributed by atoms with E-state index in [9.17, 15) is 18.0 Å². The van der Waals surface area contributed by atoms with Gasteiger partial charge in [-0.25, -0.2) is 13.2 Å². The third-order valence-electron chi connectivity index (χ3n) is 2.68. The van der Waals surface area contributed by atoms with Crippen LogP contribution in [0, 0.1) is 17.5 Å². The van der Waals surface area contributed by atoms with Crippen LogP contribution in [0.2, 0.25) is 10.0 Å². The van der Waals surface area contributed by atoms with Gasteiger partial charge in [0.1, 0.15) is 0 Å². The molecule has 3 nitrogen and oxygen atoms in total. The van der Waals surface area contributed by atoms with Gasteiger partial charge in [0.2, 0.25) is 5.91 Å². The molecule has 0 unspecified atom stereocenters. The molecule has 8 heteroatoms. The number of amides is 1. The van der Waals surface area contributed by atoms with E-state index < -0.39 is 29.0 Å². The molecule has 0 aromatic heterocycles. The molecule has 0 aliphatic rings. The largest absolute Gasteiger partial charge is 0.375 e. The summed E-state index contributed by atoms with van der Waals surface area (Å²) in [5.74, 6) is -5.11. The Bertz CT molecular complexity index is 725. The molecule has 0 fully saturated rings. The molecule has 0 radical (unpaired) electrons. The molecule has 0 saturated heterocycles. The zero-order valence-corrected chi connectivity index (χ0v) is 12.4. The Labute approximate surface area is 134 Å². The minimum absolute atomic E-state index is 0.265. The molecule has 116 valence electrons.